The van der Waals surface area contributed by atoms with E-state index >= 15 is 0 Å². The van der Waals surface area contributed by atoms with Gasteiger partial charge in [-0.2, -0.15) is 5.10 Å². The van der Waals surface area contributed by atoms with Crippen LogP contribution < -0.4 is 15.1 Å². The van der Waals surface area contributed by atoms with Crippen molar-refractivity contribution < 1.29 is 9.53 Å². The molecular weight excluding hydrogens is 489 g/mol. The van der Waals surface area contributed by atoms with Gasteiger partial charge in [0.25, 0.3) is 5.91 Å². The molecule has 1 aliphatic heterocycles. The summed E-state index contributed by atoms with van der Waals surface area (Å²) in [5, 5.41) is 4.14. The third-order valence-electron chi connectivity index (χ3n) is 5.27. The lowest BCUT2D eigenvalue weighted by molar-refractivity contribution is -0.123. The molecule has 1 amide bonds. The van der Waals surface area contributed by atoms with Crippen LogP contribution in [0.5, 0.6) is 5.75 Å². The van der Waals surface area contributed by atoms with Crippen molar-refractivity contribution in [3.8, 4) is 5.75 Å². The van der Waals surface area contributed by atoms with E-state index < -0.39 is 0 Å². The van der Waals surface area contributed by atoms with Crippen LogP contribution in [-0.2, 0) is 4.79 Å². The number of rotatable bonds is 6. The quantitative estimate of drug-likeness (QED) is 0.328. The van der Waals surface area contributed by atoms with E-state index in [9.17, 15) is 4.79 Å². The van der Waals surface area contributed by atoms with Crippen molar-refractivity contribution in [3.63, 3.8) is 0 Å². The van der Waals surface area contributed by atoms with Crippen LogP contribution in [0.25, 0.3) is 5.57 Å². The lowest BCUT2D eigenvalue weighted by atomic mass is 9.87. The number of anilines is 1. The Labute approximate surface area is 192 Å². The highest BCUT2D eigenvalue weighted by atomic mass is 127. The molecule has 0 aromatic heterocycles. The average molecular weight is 517 g/mol. The summed E-state index contributed by atoms with van der Waals surface area (Å²) in [6.07, 6.45) is 4.00. The van der Waals surface area contributed by atoms with Gasteiger partial charge in [0.2, 0.25) is 0 Å². The highest BCUT2D eigenvalue weighted by molar-refractivity contribution is 14.1. The summed E-state index contributed by atoms with van der Waals surface area (Å²) in [5.74, 6) is 0.393. The molecule has 2 aromatic carbocycles. The normalized spacial score (nSPS) is 15.0. The first-order valence-corrected chi connectivity index (χ1v) is 11.1. The Balaban J connectivity index is 1.70. The molecule has 30 heavy (non-hydrogen) atoms. The highest BCUT2D eigenvalue weighted by Crippen LogP contribution is 2.39. The molecule has 2 aromatic rings. The molecule has 1 heterocycles. The number of carbonyl (C=O) groups excluding carboxylic acids is 1. The SMILES string of the molecule is CCN1c2cc(C)c(/C=N/NC(=O)COc3ccccc3I)cc2C(C)=CC1(C)C. The molecule has 0 bridgehead atoms. The second-order valence-corrected chi connectivity index (χ2v) is 9.13. The van der Waals surface area contributed by atoms with Crippen molar-refractivity contribution in [2.24, 2.45) is 5.10 Å². The van der Waals surface area contributed by atoms with Gasteiger partial charge < -0.3 is 9.64 Å². The van der Waals surface area contributed by atoms with Gasteiger partial charge in [0.15, 0.2) is 6.61 Å². The van der Waals surface area contributed by atoms with Gasteiger partial charge in [-0.15, -0.1) is 0 Å². The predicted octanol–water partition coefficient (Wildman–Crippen LogP) is 5.15. The molecule has 0 unspecified atom stereocenters. The van der Waals surface area contributed by atoms with Crippen LogP contribution in [-0.4, -0.2) is 30.8 Å². The second kappa shape index (κ2) is 9.20. The number of allylic oxidation sites excluding steroid dienone is 1. The van der Waals surface area contributed by atoms with E-state index in [0.29, 0.717) is 5.75 Å². The van der Waals surface area contributed by atoms with Crippen molar-refractivity contribution in [2.75, 3.05) is 18.1 Å². The molecule has 6 heteroatoms. The number of carbonyl (C=O) groups is 1. The lowest BCUT2D eigenvalue weighted by Crippen LogP contribution is -2.45. The van der Waals surface area contributed by atoms with Gasteiger partial charge in [-0.25, -0.2) is 5.43 Å². The molecule has 0 saturated carbocycles. The van der Waals surface area contributed by atoms with E-state index in [4.69, 9.17) is 4.74 Å². The maximum absolute atomic E-state index is 12.1. The molecule has 1 N–H and O–H groups in total. The predicted molar refractivity (Wildman–Crippen MR) is 132 cm³/mol. The summed E-state index contributed by atoms with van der Waals surface area (Å²) in [7, 11) is 0. The Bertz CT molecular complexity index is 1010. The number of halogens is 1. The fourth-order valence-electron chi connectivity index (χ4n) is 3.87. The molecule has 5 nitrogen and oxygen atoms in total. The van der Waals surface area contributed by atoms with Gasteiger partial charge in [0.1, 0.15) is 5.75 Å². The number of likely N-dealkylation sites (N-methyl/N-ethyl adjacent to an activating group) is 1. The van der Waals surface area contributed by atoms with Crippen LogP contribution >= 0.6 is 22.6 Å². The molecule has 158 valence electrons. The zero-order chi connectivity index (χ0) is 21.9. The third kappa shape index (κ3) is 4.86. The minimum atomic E-state index is -0.295. The smallest absolute Gasteiger partial charge is 0.277 e. The number of hydrogen-bond acceptors (Lipinski definition) is 4. The van der Waals surface area contributed by atoms with Crippen LogP contribution in [0, 0.1) is 10.5 Å². The third-order valence-corrected chi connectivity index (χ3v) is 6.16. The molecule has 0 atom stereocenters. The van der Waals surface area contributed by atoms with Gasteiger partial charge in [0, 0.05) is 17.8 Å². The Kier molecular flexibility index (Phi) is 6.85. The van der Waals surface area contributed by atoms with E-state index in [0.717, 1.165) is 21.2 Å². The Morgan fingerprint density at radius 2 is 2.00 bits per heavy atom. The largest absolute Gasteiger partial charge is 0.483 e. The Hall–Kier alpha value is -2.35. The number of hydrazone groups is 1. The number of nitrogens with zero attached hydrogens (tertiary/aromatic N) is 2. The Morgan fingerprint density at radius 3 is 2.70 bits per heavy atom. The first-order valence-electron chi connectivity index (χ1n) is 10.0. The number of amides is 1. The van der Waals surface area contributed by atoms with Crippen LogP contribution in [0.15, 0.2) is 47.6 Å². The van der Waals surface area contributed by atoms with Gasteiger partial charge in [-0.1, -0.05) is 18.2 Å². The molecule has 3 rings (SSSR count). The zero-order valence-electron chi connectivity index (χ0n) is 18.1. The number of aryl methyl sites for hydroxylation is 1. The van der Waals surface area contributed by atoms with Crippen molar-refractivity contribution >= 4 is 46.0 Å². The van der Waals surface area contributed by atoms with Crippen molar-refractivity contribution in [3.05, 3.63) is 62.7 Å². The monoisotopic (exact) mass is 517 g/mol. The van der Waals surface area contributed by atoms with Gasteiger partial charge in [-0.3, -0.25) is 4.79 Å². The maximum atomic E-state index is 12.1. The van der Waals surface area contributed by atoms with Gasteiger partial charge >= 0.3 is 0 Å². The summed E-state index contributed by atoms with van der Waals surface area (Å²) in [5.41, 5.74) is 8.34. The summed E-state index contributed by atoms with van der Waals surface area (Å²) in [4.78, 5) is 14.5. The second-order valence-electron chi connectivity index (χ2n) is 7.96. The van der Waals surface area contributed by atoms with E-state index in [-0.39, 0.29) is 18.1 Å². The van der Waals surface area contributed by atoms with E-state index in [1.807, 2.05) is 24.3 Å². The maximum Gasteiger partial charge on any atom is 0.277 e. The first kappa shape index (κ1) is 22.3. The summed E-state index contributed by atoms with van der Waals surface area (Å²) in [6.45, 7) is 11.7. The minimum absolute atomic E-state index is 0.0155. The zero-order valence-corrected chi connectivity index (χ0v) is 20.3. The fourth-order valence-corrected chi connectivity index (χ4v) is 4.42. The number of ether oxygens (including phenoxy) is 1. The summed E-state index contributed by atoms with van der Waals surface area (Å²) >= 11 is 2.18. The van der Waals surface area contributed by atoms with Crippen LogP contribution in [0.2, 0.25) is 0 Å². The molecule has 0 radical (unpaired) electrons. The van der Waals surface area contributed by atoms with E-state index in [2.05, 4.69) is 90.8 Å². The molecule has 0 aliphatic carbocycles. The van der Waals surface area contributed by atoms with Crippen LogP contribution in [0.3, 0.4) is 0 Å². The Morgan fingerprint density at radius 1 is 1.27 bits per heavy atom. The topological polar surface area (TPSA) is 53.9 Å². The van der Waals surface area contributed by atoms with Crippen LogP contribution in [0.1, 0.15) is 44.4 Å². The molecule has 0 saturated heterocycles. The number of para-hydroxylation sites is 1. The molecule has 1 aliphatic rings. The standard InChI is InChI=1S/C24H28IN3O2/c1-6-28-21-11-16(2)18(12-19(21)17(3)13-24(28,4)5)14-26-27-23(29)15-30-22-10-8-7-9-20(22)25/h7-14H,6,15H2,1-5H3,(H,27,29)/b26-14+. The minimum Gasteiger partial charge on any atom is -0.483 e. The number of nitrogens with one attached hydrogen (secondary N) is 1. The number of benzene rings is 2. The van der Waals surface area contributed by atoms with E-state index in [1.54, 1.807) is 6.21 Å². The number of fused-ring (bicyclic) bond motifs is 1. The average Bonchev–Trinajstić information content (AvgIpc) is 2.68. The van der Waals surface area contributed by atoms with Crippen molar-refractivity contribution in [1.29, 1.82) is 0 Å². The van der Waals surface area contributed by atoms with Crippen molar-refractivity contribution in [2.45, 2.75) is 40.2 Å². The summed E-state index contributed by atoms with van der Waals surface area (Å²) in [6, 6.07) is 11.9. The molecule has 0 spiro atoms. The summed E-state index contributed by atoms with van der Waals surface area (Å²) < 4.78 is 6.51. The molecular formula is C24H28IN3O2. The lowest BCUT2D eigenvalue weighted by Gasteiger charge is -2.43. The van der Waals surface area contributed by atoms with Crippen molar-refractivity contribution in [1.82, 2.24) is 5.43 Å². The first-order chi connectivity index (χ1) is 14.2. The number of hydrogen-bond donors (Lipinski definition) is 1. The highest BCUT2D eigenvalue weighted by Gasteiger charge is 2.30. The van der Waals surface area contributed by atoms with E-state index in [1.165, 1.54) is 16.8 Å². The van der Waals surface area contributed by atoms with Gasteiger partial charge in [-0.05, 0) is 98.2 Å². The van der Waals surface area contributed by atoms with Crippen LogP contribution in [0.4, 0.5) is 5.69 Å². The van der Waals surface area contributed by atoms with Gasteiger partial charge in [0.05, 0.1) is 15.3 Å². The fraction of sp³-hybridized carbons (Fsp3) is 0.333. The molecule has 0 fully saturated rings.